The van der Waals surface area contributed by atoms with Crippen LogP contribution in [0.25, 0.3) is 10.8 Å². The lowest BCUT2D eigenvalue weighted by Gasteiger charge is -2.09. The lowest BCUT2D eigenvalue weighted by Crippen LogP contribution is -2.14. The summed E-state index contributed by atoms with van der Waals surface area (Å²) in [5, 5.41) is 8.31. The number of hydrogen-bond donors (Lipinski definition) is 1. The number of aromatic nitrogens is 2. The first kappa shape index (κ1) is 14.3. The Bertz CT molecular complexity index is 837. The van der Waals surface area contributed by atoms with E-state index in [1.54, 1.807) is 19.2 Å². The molecule has 22 heavy (non-hydrogen) atoms. The van der Waals surface area contributed by atoms with Gasteiger partial charge in [-0.05, 0) is 35.9 Å². The number of carbonyl (C=O) groups is 1. The predicted molar refractivity (Wildman–Crippen MR) is 85.0 cm³/mol. The summed E-state index contributed by atoms with van der Waals surface area (Å²) in [6, 6.07) is 9.69. The Morgan fingerprint density at radius 3 is 2.73 bits per heavy atom. The highest BCUT2D eigenvalue weighted by atomic mass is 16.5. The molecule has 0 unspecified atom stereocenters. The van der Waals surface area contributed by atoms with Crippen LogP contribution < -0.4 is 5.32 Å². The third-order valence-electron chi connectivity index (χ3n) is 3.54. The van der Waals surface area contributed by atoms with Gasteiger partial charge in [-0.1, -0.05) is 31.1 Å². The van der Waals surface area contributed by atoms with Gasteiger partial charge in [0.05, 0.1) is 0 Å². The van der Waals surface area contributed by atoms with E-state index >= 15 is 0 Å². The van der Waals surface area contributed by atoms with Crippen molar-refractivity contribution in [2.75, 3.05) is 5.32 Å². The van der Waals surface area contributed by atoms with Gasteiger partial charge in [0.15, 0.2) is 5.82 Å². The summed E-state index contributed by atoms with van der Waals surface area (Å²) in [7, 11) is 0. The molecule has 0 saturated heterocycles. The highest BCUT2D eigenvalue weighted by molar-refractivity contribution is 6.11. The van der Waals surface area contributed by atoms with E-state index in [0.29, 0.717) is 23.2 Å². The fourth-order valence-electron chi connectivity index (χ4n) is 2.33. The van der Waals surface area contributed by atoms with Crippen LogP contribution in [0.3, 0.4) is 0 Å². The molecule has 112 valence electrons. The third-order valence-corrected chi connectivity index (χ3v) is 3.54. The van der Waals surface area contributed by atoms with Gasteiger partial charge in [0, 0.05) is 17.6 Å². The second kappa shape index (κ2) is 5.60. The van der Waals surface area contributed by atoms with Crippen molar-refractivity contribution in [1.29, 1.82) is 0 Å². The van der Waals surface area contributed by atoms with Crippen molar-refractivity contribution in [2.45, 2.75) is 26.7 Å². The van der Waals surface area contributed by atoms with Crippen molar-refractivity contribution in [3.8, 4) is 0 Å². The summed E-state index contributed by atoms with van der Waals surface area (Å²) in [4.78, 5) is 16.7. The summed E-state index contributed by atoms with van der Waals surface area (Å²) in [5.41, 5.74) is 1.56. The van der Waals surface area contributed by atoms with E-state index in [4.69, 9.17) is 4.52 Å². The van der Waals surface area contributed by atoms with Crippen molar-refractivity contribution < 1.29 is 9.32 Å². The van der Waals surface area contributed by atoms with E-state index < -0.39 is 0 Å². The number of hydrogen-bond acceptors (Lipinski definition) is 4. The zero-order chi connectivity index (χ0) is 15.7. The first-order chi connectivity index (χ1) is 10.5. The molecule has 1 amide bonds. The van der Waals surface area contributed by atoms with Gasteiger partial charge in [0.1, 0.15) is 11.5 Å². The number of benzene rings is 1. The minimum Gasteiger partial charge on any atom is -0.360 e. The normalized spacial score (nSPS) is 11.1. The third kappa shape index (κ3) is 2.70. The zero-order valence-corrected chi connectivity index (χ0v) is 12.8. The summed E-state index contributed by atoms with van der Waals surface area (Å²) < 4.78 is 4.95. The molecule has 0 aliphatic heterocycles. The molecule has 1 aromatic carbocycles. The van der Waals surface area contributed by atoms with Crippen molar-refractivity contribution in [3.05, 3.63) is 53.5 Å². The molecule has 2 heterocycles. The van der Waals surface area contributed by atoms with Gasteiger partial charge < -0.3 is 9.84 Å². The largest absolute Gasteiger partial charge is 0.360 e. The summed E-state index contributed by atoms with van der Waals surface area (Å²) in [6.45, 7) is 6.01. The number of nitrogens with zero attached hydrogens (tertiary/aromatic N) is 2. The van der Waals surface area contributed by atoms with Gasteiger partial charge in [-0.2, -0.15) is 0 Å². The van der Waals surface area contributed by atoms with Crippen LogP contribution >= 0.6 is 0 Å². The maximum absolute atomic E-state index is 12.5. The number of rotatable bonds is 3. The van der Waals surface area contributed by atoms with Crippen LogP contribution in [-0.2, 0) is 0 Å². The van der Waals surface area contributed by atoms with E-state index in [9.17, 15) is 4.79 Å². The van der Waals surface area contributed by atoms with Crippen LogP contribution in [0.5, 0.6) is 0 Å². The Morgan fingerprint density at radius 1 is 1.23 bits per heavy atom. The smallest absolute Gasteiger partial charge is 0.276 e. The molecule has 0 fully saturated rings. The minimum absolute atomic E-state index is 0.292. The van der Waals surface area contributed by atoms with E-state index in [-0.39, 0.29) is 5.91 Å². The lowest BCUT2D eigenvalue weighted by molar-refractivity contribution is 0.102. The molecule has 3 aromatic rings. The molecule has 0 saturated carbocycles. The highest BCUT2D eigenvalue weighted by Gasteiger charge is 2.14. The zero-order valence-electron chi connectivity index (χ0n) is 12.8. The van der Waals surface area contributed by atoms with E-state index in [1.165, 1.54) is 5.56 Å². The average Bonchev–Trinajstić information content (AvgIpc) is 2.91. The van der Waals surface area contributed by atoms with E-state index in [0.717, 1.165) is 10.8 Å². The molecule has 0 bridgehead atoms. The lowest BCUT2D eigenvalue weighted by atomic mass is 9.99. The fourth-order valence-corrected chi connectivity index (χ4v) is 2.33. The predicted octanol–water partition coefficient (Wildman–Crippen LogP) is 3.91. The van der Waals surface area contributed by atoms with Crippen molar-refractivity contribution >= 4 is 22.5 Å². The molecule has 2 aromatic heterocycles. The number of fused-ring (bicyclic) bond motifs is 1. The Morgan fingerprint density at radius 2 is 2.05 bits per heavy atom. The molecule has 0 atom stereocenters. The van der Waals surface area contributed by atoms with Crippen LogP contribution in [0.1, 0.15) is 41.6 Å². The Labute approximate surface area is 128 Å². The molecule has 5 heteroatoms. The Hall–Kier alpha value is -2.69. The number of anilines is 1. The fraction of sp³-hybridized carbons (Fsp3) is 0.235. The maximum atomic E-state index is 12.5. The van der Waals surface area contributed by atoms with Gasteiger partial charge in [-0.15, -0.1) is 0 Å². The Kier molecular flexibility index (Phi) is 3.63. The van der Waals surface area contributed by atoms with Crippen molar-refractivity contribution in [1.82, 2.24) is 10.1 Å². The van der Waals surface area contributed by atoms with Crippen LogP contribution in [0.4, 0.5) is 5.82 Å². The number of carbonyl (C=O) groups excluding carboxylic acids is 1. The maximum Gasteiger partial charge on any atom is 0.276 e. The van der Waals surface area contributed by atoms with E-state index in [2.05, 4.69) is 35.4 Å². The number of pyridine rings is 1. The van der Waals surface area contributed by atoms with Gasteiger partial charge in [0.2, 0.25) is 0 Å². The quantitative estimate of drug-likeness (QED) is 0.795. The highest BCUT2D eigenvalue weighted by Crippen LogP contribution is 2.23. The van der Waals surface area contributed by atoms with Gasteiger partial charge >= 0.3 is 0 Å². The monoisotopic (exact) mass is 295 g/mol. The summed E-state index contributed by atoms with van der Waals surface area (Å²) >= 11 is 0. The first-order valence-corrected chi connectivity index (χ1v) is 7.18. The van der Waals surface area contributed by atoms with Crippen LogP contribution in [-0.4, -0.2) is 16.0 Å². The number of nitrogens with one attached hydrogen (secondary N) is 1. The van der Waals surface area contributed by atoms with Crippen molar-refractivity contribution in [3.63, 3.8) is 0 Å². The molecular formula is C17H17N3O2. The average molecular weight is 295 g/mol. The SMILES string of the molecule is Cc1cc(NC(=O)c2nccc3ccc(C(C)C)cc23)no1. The number of aryl methyl sites for hydroxylation is 1. The second-order valence-corrected chi connectivity index (χ2v) is 5.57. The minimum atomic E-state index is -0.292. The van der Waals surface area contributed by atoms with Crippen LogP contribution in [0.15, 0.2) is 41.1 Å². The summed E-state index contributed by atoms with van der Waals surface area (Å²) in [5.74, 6) is 1.13. The Balaban J connectivity index is 2.01. The molecule has 0 aliphatic rings. The summed E-state index contributed by atoms with van der Waals surface area (Å²) in [6.07, 6.45) is 1.64. The molecular weight excluding hydrogens is 278 g/mol. The van der Waals surface area contributed by atoms with Crippen LogP contribution in [0.2, 0.25) is 0 Å². The molecule has 1 N–H and O–H groups in total. The molecule has 3 rings (SSSR count). The first-order valence-electron chi connectivity index (χ1n) is 7.18. The van der Waals surface area contributed by atoms with Crippen molar-refractivity contribution in [2.24, 2.45) is 0 Å². The molecule has 0 radical (unpaired) electrons. The number of amides is 1. The van der Waals surface area contributed by atoms with E-state index in [1.807, 2.05) is 18.2 Å². The standard InChI is InChI=1S/C17H17N3O2/c1-10(2)13-5-4-12-6-7-18-16(14(12)9-13)17(21)19-15-8-11(3)22-20-15/h4-10H,1-3H3,(H,19,20,21). The topological polar surface area (TPSA) is 68.0 Å². The van der Waals surface area contributed by atoms with Gasteiger partial charge in [-0.25, -0.2) is 0 Å². The van der Waals surface area contributed by atoms with Gasteiger partial charge in [0.25, 0.3) is 5.91 Å². The van der Waals surface area contributed by atoms with Crippen LogP contribution in [0, 0.1) is 6.92 Å². The van der Waals surface area contributed by atoms with Gasteiger partial charge in [-0.3, -0.25) is 9.78 Å². The molecule has 0 aliphatic carbocycles. The molecule has 5 nitrogen and oxygen atoms in total. The second-order valence-electron chi connectivity index (χ2n) is 5.57. The molecule has 0 spiro atoms.